The monoisotopic (exact) mass is 423 g/mol. The van der Waals surface area contributed by atoms with Crippen LogP contribution in [0.3, 0.4) is 0 Å². The minimum Gasteiger partial charge on any atom is -0.330 e. The number of aryl methyl sites for hydroxylation is 1. The van der Waals surface area contributed by atoms with Gasteiger partial charge in [-0.3, -0.25) is 9.48 Å². The molecule has 0 aliphatic carbocycles. The molecule has 3 aromatic rings. The lowest BCUT2D eigenvalue weighted by Crippen LogP contribution is -2.40. The standard InChI is InChI=1S/C18H17F4N7O/c1-3-27-8-6-13(25-27)29-12-5-9-28(10(2)15(12)24-26-29)17(30)11-4-7-23-16(14(11)19)18(20,21)22/h4,6-8,10H,3,5,9H2,1-2H3/t10-/m0/s1. The number of alkyl halides is 3. The van der Waals surface area contributed by atoms with Crippen molar-refractivity contribution in [2.24, 2.45) is 0 Å². The number of pyridine rings is 1. The van der Waals surface area contributed by atoms with Crippen LogP contribution in [0.15, 0.2) is 24.5 Å². The highest BCUT2D eigenvalue weighted by Gasteiger charge is 2.40. The Morgan fingerprint density at radius 2 is 2.07 bits per heavy atom. The fraction of sp³-hybridized carbons (Fsp3) is 0.389. The summed E-state index contributed by atoms with van der Waals surface area (Å²) in [5.41, 5.74) is -1.15. The van der Waals surface area contributed by atoms with E-state index in [0.717, 1.165) is 18.0 Å². The first-order valence-electron chi connectivity index (χ1n) is 9.23. The summed E-state index contributed by atoms with van der Waals surface area (Å²) in [6.07, 6.45) is -2.07. The number of fused-ring (bicyclic) bond motifs is 1. The summed E-state index contributed by atoms with van der Waals surface area (Å²) in [6.45, 7) is 4.47. The lowest BCUT2D eigenvalue weighted by atomic mass is 10.0. The third-order valence-electron chi connectivity index (χ3n) is 5.06. The molecule has 1 aliphatic heterocycles. The lowest BCUT2D eigenvalue weighted by molar-refractivity contribution is -0.143. The number of carbonyl (C=O) groups excluding carboxylic acids is 1. The number of aromatic nitrogens is 6. The molecule has 0 radical (unpaired) electrons. The second kappa shape index (κ2) is 7.18. The topological polar surface area (TPSA) is 81.7 Å². The molecular formula is C18H17F4N7O. The van der Waals surface area contributed by atoms with Gasteiger partial charge in [-0.25, -0.2) is 9.37 Å². The van der Waals surface area contributed by atoms with Crippen LogP contribution >= 0.6 is 0 Å². The number of hydrogen-bond donors (Lipinski definition) is 0. The Kier molecular flexibility index (Phi) is 4.79. The maximum atomic E-state index is 14.4. The van der Waals surface area contributed by atoms with Gasteiger partial charge >= 0.3 is 6.18 Å². The smallest absolute Gasteiger partial charge is 0.330 e. The van der Waals surface area contributed by atoms with Crippen LogP contribution in [0.1, 0.15) is 47.3 Å². The van der Waals surface area contributed by atoms with E-state index >= 15 is 0 Å². The van der Waals surface area contributed by atoms with Crippen LogP contribution in [0.4, 0.5) is 17.6 Å². The van der Waals surface area contributed by atoms with E-state index < -0.39 is 35.2 Å². The molecule has 0 spiro atoms. The van der Waals surface area contributed by atoms with Gasteiger partial charge in [-0.2, -0.15) is 23.0 Å². The molecule has 8 nitrogen and oxygen atoms in total. The highest BCUT2D eigenvalue weighted by Crippen LogP contribution is 2.33. The first-order valence-corrected chi connectivity index (χ1v) is 9.23. The highest BCUT2D eigenvalue weighted by atomic mass is 19.4. The fourth-order valence-corrected chi connectivity index (χ4v) is 3.50. The summed E-state index contributed by atoms with van der Waals surface area (Å²) in [6, 6.07) is 2.12. The summed E-state index contributed by atoms with van der Waals surface area (Å²) >= 11 is 0. The van der Waals surface area contributed by atoms with Crippen molar-refractivity contribution in [2.45, 2.75) is 39.0 Å². The molecule has 4 heterocycles. The average Bonchev–Trinajstić information content (AvgIpc) is 3.34. The van der Waals surface area contributed by atoms with Crippen LogP contribution in [0.5, 0.6) is 0 Å². The number of nitrogens with zero attached hydrogens (tertiary/aromatic N) is 7. The van der Waals surface area contributed by atoms with Crippen LogP contribution in [-0.2, 0) is 19.1 Å². The summed E-state index contributed by atoms with van der Waals surface area (Å²) in [7, 11) is 0. The Morgan fingerprint density at radius 1 is 1.30 bits per heavy atom. The first-order chi connectivity index (χ1) is 14.2. The molecule has 0 aromatic carbocycles. The first kappa shape index (κ1) is 20.0. The van der Waals surface area contributed by atoms with Gasteiger partial charge in [-0.1, -0.05) is 5.21 Å². The molecule has 0 unspecified atom stereocenters. The zero-order valence-electron chi connectivity index (χ0n) is 16.1. The molecule has 1 atom stereocenters. The summed E-state index contributed by atoms with van der Waals surface area (Å²) in [5, 5.41) is 12.6. The van der Waals surface area contributed by atoms with Crippen molar-refractivity contribution in [3.05, 3.63) is 53.0 Å². The molecule has 12 heteroatoms. The van der Waals surface area contributed by atoms with E-state index in [9.17, 15) is 22.4 Å². The van der Waals surface area contributed by atoms with Crippen molar-refractivity contribution in [1.82, 2.24) is 34.7 Å². The predicted molar refractivity (Wildman–Crippen MR) is 95.2 cm³/mol. The molecule has 0 saturated heterocycles. The van der Waals surface area contributed by atoms with Crippen LogP contribution in [0.25, 0.3) is 5.82 Å². The second-order valence-corrected chi connectivity index (χ2v) is 6.81. The van der Waals surface area contributed by atoms with Crippen molar-refractivity contribution in [3.63, 3.8) is 0 Å². The van der Waals surface area contributed by atoms with E-state index in [4.69, 9.17) is 0 Å². The number of halogens is 4. The minimum absolute atomic E-state index is 0.165. The largest absolute Gasteiger partial charge is 0.436 e. The zero-order valence-corrected chi connectivity index (χ0v) is 16.1. The molecule has 4 rings (SSSR count). The van der Waals surface area contributed by atoms with Gasteiger partial charge in [0.05, 0.1) is 17.3 Å². The average molecular weight is 423 g/mol. The van der Waals surface area contributed by atoms with Crippen molar-refractivity contribution < 1.29 is 22.4 Å². The highest BCUT2D eigenvalue weighted by molar-refractivity contribution is 5.95. The van der Waals surface area contributed by atoms with E-state index in [1.165, 1.54) is 4.90 Å². The van der Waals surface area contributed by atoms with Gasteiger partial charge in [0.15, 0.2) is 17.3 Å². The van der Waals surface area contributed by atoms with Gasteiger partial charge in [0.1, 0.15) is 5.69 Å². The Balaban J connectivity index is 1.65. The molecular weight excluding hydrogens is 406 g/mol. The van der Waals surface area contributed by atoms with Gasteiger partial charge in [0.25, 0.3) is 5.91 Å². The molecule has 0 fully saturated rings. The molecule has 0 N–H and O–H groups in total. The van der Waals surface area contributed by atoms with E-state index in [0.29, 0.717) is 24.5 Å². The van der Waals surface area contributed by atoms with Gasteiger partial charge in [0, 0.05) is 38.0 Å². The van der Waals surface area contributed by atoms with Crippen LogP contribution in [0, 0.1) is 5.82 Å². The lowest BCUT2D eigenvalue weighted by Gasteiger charge is -2.32. The molecule has 1 aliphatic rings. The van der Waals surface area contributed by atoms with Gasteiger partial charge in [-0.05, 0) is 19.9 Å². The third-order valence-corrected chi connectivity index (χ3v) is 5.06. The maximum Gasteiger partial charge on any atom is 0.436 e. The number of amides is 1. The van der Waals surface area contributed by atoms with E-state index in [2.05, 4.69) is 20.4 Å². The van der Waals surface area contributed by atoms with Crippen molar-refractivity contribution in [1.29, 1.82) is 0 Å². The number of hydrogen-bond acceptors (Lipinski definition) is 5. The zero-order chi connectivity index (χ0) is 21.6. The van der Waals surface area contributed by atoms with Gasteiger partial charge < -0.3 is 4.90 Å². The van der Waals surface area contributed by atoms with E-state index in [-0.39, 0.29) is 6.54 Å². The molecule has 0 saturated carbocycles. The van der Waals surface area contributed by atoms with E-state index in [1.54, 1.807) is 28.6 Å². The van der Waals surface area contributed by atoms with E-state index in [1.807, 2.05) is 6.92 Å². The molecule has 158 valence electrons. The van der Waals surface area contributed by atoms with Gasteiger partial charge in [-0.15, -0.1) is 5.10 Å². The van der Waals surface area contributed by atoms with Crippen LogP contribution in [0.2, 0.25) is 0 Å². The maximum absolute atomic E-state index is 14.4. The van der Waals surface area contributed by atoms with Gasteiger partial charge in [0.2, 0.25) is 0 Å². The van der Waals surface area contributed by atoms with Crippen molar-refractivity contribution >= 4 is 5.91 Å². The van der Waals surface area contributed by atoms with Crippen molar-refractivity contribution in [3.8, 4) is 5.82 Å². The van der Waals surface area contributed by atoms with Crippen molar-refractivity contribution in [2.75, 3.05) is 6.54 Å². The quantitative estimate of drug-likeness (QED) is 0.605. The molecule has 3 aromatic heterocycles. The minimum atomic E-state index is -4.99. The Bertz CT molecular complexity index is 1100. The summed E-state index contributed by atoms with van der Waals surface area (Å²) in [5.74, 6) is -1.96. The van der Waals surface area contributed by atoms with Crippen LogP contribution < -0.4 is 0 Å². The third kappa shape index (κ3) is 3.21. The summed E-state index contributed by atoms with van der Waals surface area (Å²) < 4.78 is 56.5. The van der Waals surface area contributed by atoms with Crippen LogP contribution in [-0.4, -0.2) is 47.1 Å². The Labute approximate surface area is 168 Å². The Morgan fingerprint density at radius 3 is 2.73 bits per heavy atom. The molecule has 1 amide bonds. The fourth-order valence-electron chi connectivity index (χ4n) is 3.50. The molecule has 30 heavy (non-hydrogen) atoms. The number of rotatable bonds is 3. The normalized spacial score (nSPS) is 16.6. The number of carbonyl (C=O) groups is 1. The Hall–Kier alpha value is -3.31. The second-order valence-electron chi connectivity index (χ2n) is 6.81. The SMILES string of the molecule is CCn1ccc(-n2nnc3c2CCN(C(=O)c2ccnc(C(F)(F)F)c2F)[C@H]3C)n1. The summed E-state index contributed by atoms with van der Waals surface area (Å²) in [4.78, 5) is 17.2. The molecule has 0 bridgehead atoms. The predicted octanol–water partition coefficient (Wildman–Crippen LogP) is 2.80.